The SMILES string of the molecule is CCCN(CC(=O)NCCN(CC(=O)NCCN(CC(=O)NCCN(CC(=O)NCCN(CC(=O)NCCN(CC(=O)NCCN(CC(=O)C(C)C)C(=O)Cn1cnc2c(N)ncnc21)C(=O)Cn1cnc2c(N)ncnc21)C(=O)Cn1cc(C)c(=O)[nH]c1=O)C(=O)Cn1cc(C)c(=O)[nH]c1=O)C(=O)Cn1cnc2c(N)ncnc21)C(=O)Cn1ccc(N)nc1=O)C(=O)Cn1cnc2c(=O)[nH]c(N)nc21. The third-order valence-electron chi connectivity index (χ3n) is 21.4. The van der Waals surface area contributed by atoms with E-state index in [1.54, 1.807) is 20.8 Å². The zero-order valence-corrected chi connectivity index (χ0v) is 76.4. The third kappa shape index (κ3) is 27.6. The van der Waals surface area contributed by atoms with E-state index < -0.39 is 241 Å². The third-order valence-corrected chi connectivity index (χ3v) is 21.4. The molecule has 11 heterocycles. The maximum absolute atomic E-state index is 14.5. The summed E-state index contributed by atoms with van der Waals surface area (Å²) in [5, 5.41) is 15.6. The molecule has 13 amide bonds. The largest absolute Gasteiger partial charge is 0.383 e. The van der Waals surface area contributed by atoms with Crippen molar-refractivity contribution in [2.75, 3.05) is 160 Å². The van der Waals surface area contributed by atoms with Crippen LogP contribution < -0.4 is 94.3 Å². The molecule has 140 heavy (non-hydrogen) atoms. The van der Waals surface area contributed by atoms with Gasteiger partial charge in [-0.1, -0.05) is 20.8 Å². The summed E-state index contributed by atoms with van der Waals surface area (Å²) in [6.45, 7) is -5.60. The van der Waals surface area contributed by atoms with Crippen LogP contribution in [0.15, 0.2) is 97.7 Å². The number of amides is 13. The van der Waals surface area contributed by atoms with E-state index in [9.17, 15) is 95.9 Å². The van der Waals surface area contributed by atoms with Crippen molar-refractivity contribution in [3.8, 4) is 0 Å². The smallest absolute Gasteiger partial charge is 0.349 e. The minimum absolute atomic E-state index is 0.00187. The van der Waals surface area contributed by atoms with Crippen molar-refractivity contribution in [1.82, 2.24) is 173 Å². The number of aromatic amines is 3. The lowest BCUT2D eigenvalue weighted by Crippen LogP contribution is -2.50. The van der Waals surface area contributed by atoms with Crippen LogP contribution in [0.2, 0.25) is 0 Å². The Morgan fingerprint density at radius 1 is 0.343 bits per heavy atom. The number of anilines is 5. The Morgan fingerprint density at radius 2 is 0.629 bits per heavy atom. The topological polar surface area (TPSA) is 803 Å². The normalized spacial score (nSPS) is 11.2. The highest BCUT2D eigenvalue weighted by atomic mass is 16.2. The van der Waals surface area contributed by atoms with E-state index in [1.165, 1.54) is 85.8 Å². The van der Waals surface area contributed by atoms with Gasteiger partial charge in [0.15, 0.2) is 51.3 Å². The first kappa shape index (κ1) is 103. The van der Waals surface area contributed by atoms with Crippen LogP contribution in [0.25, 0.3) is 44.7 Å². The maximum atomic E-state index is 14.5. The molecular weight excluding hydrogens is 1840 g/mol. The highest BCUT2D eigenvalue weighted by molar-refractivity contribution is 5.93. The molecule has 0 fully saturated rings. The molecule has 0 bridgehead atoms. The summed E-state index contributed by atoms with van der Waals surface area (Å²) in [6, 6.07) is 1.25. The molecular formula is C80H102N40O20. The fourth-order valence-electron chi connectivity index (χ4n) is 13.9. The number of imidazole rings is 4. The second-order valence-electron chi connectivity index (χ2n) is 32.0. The molecule has 60 nitrogen and oxygen atoms in total. The van der Waals surface area contributed by atoms with E-state index in [1.807, 2.05) is 0 Å². The number of aryl methyl sites for hydroxylation is 2. The van der Waals surface area contributed by atoms with Crippen molar-refractivity contribution >= 4 is 156 Å². The Bertz CT molecular complexity index is 6920. The molecule has 0 radical (unpaired) electrons. The van der Waals surface area contributed by atoms with Crippen molar-refractivity contribution in [2.45, 2.75) is 86.9 Å². The van der Waals surface area contributed by atoms with E-state index in [-0.39, 0.29) is 143 Å². The number of ketones is 1. The quantitative estimate of drug-likeness (QED) is 0.0168. The summed E-state index contributed by atoms with van der Waals surface area (Å²) < 4.78 is 7.93. The van der Waals surface area contributed by atoms with Crippen LogP contribution in [-0.4, -0.2) is 355 Å². The van der Waals surface area contributed by atoms with Crippen molar-refractivity contribution in [2.24, 2.45) is 5.92 Å². The molecule has 11 aromatic rings. The number of carbonyl (C=O) groups excluding carboxylic acids is 14. The molecule has 0 aliphatic rings. The predicted octanol–water partition coefficient (Wildman–Crippen LogP) is -11.3. The molecule has 60 heteroatoms. The molecule has 0 aromatic carbocycles. The summed E-state index contributed by atoms with van der Waals surface area (Å²) in [4.78, 5) is 335. The van der Waals surface area contributed by atoms with Crippen LogP contribution in [0, 0.1) is 19.8 Å². The lowest BCUT2D eigenvalue weighted by atomic mass is 10.1. The number of fused-ring (bicyclic) bond motifs is 4. The van der Waals surface area contributed by atoms with Gasteiger partial charge in [0.2, 0.25) is 82.7 Å². The van der Waals surface area contributed by atoms with Crippen molar-refractivity contribution in [3.63, 3.8) is 0 Å². The minimum Gasteiger partial charge on any atom is -0.383 e. The molecule has 0 spiro atoms. The number of nitrogens with zero attached hydrogens (tertiary/aromatic N) is 26. The standard InChI is InChI=1S/C80H102N40O20/c1-6-14-107(59(131)37-120-44-101-66-73(120)103-77(85)104-76(66)137)25-50(122)87-9-17-109(56(128)31-114-15-7-49(81)102-78(114)138)26-51(123)90-12-20-113(62(134)36-119-43-100-65-69(84)94-40-97-72(65)119)30-55(127)89-11-19-111(58(130)33-116-23-47(5)75(136)106-80(116)140)27-52(124)88-10-18-110(57(129)32-115-22-46(4)74(135)105-79(115)139)28-53(125)91-13-21-112(61(133)35-118-42-99-64-68(83)93-39-96-71(64)118)29-54(126)86-8-16-108(24-48(121)45(2)3)60(132)34-117-41-98-63-67(82)92-38-95-70(63)117/h7,15,22-23,38-45H,6,8-14,16-21,24-37H2,1-5H3,(H,86,126)(H,87,122)(H,88,124)(H,89,127)(H,90,123)(H,91,125)(H2,81,102,138)(H2,82,92,95)(H2,83,93,96)(H2,84,94,97)(H,105,135,139)(H,106,136,140)(H3,85,103,104,137). The highest BCUT2D eigenvalue weighted by Gasteiger charge is 2.30. The van der Waals surface area contributed by atoms with E-state index >= 15 is 0 Å². The van der Waals surface area contributed by atoms with Gasteiger partial charge in [-0.15, -0.1) is 0 Å². The Labute approximate surface area is 788 Å². The first-order chi connectivity index (χ1) is 66.8. The monoisotopic (exact) mass is 1940 g/mol. The summed E-state index contributed by atoms with van der Waals surface area (Å²) in [7, 11) is 0. The number of nitrogens with two attached hydrogens (primary N) is 5. The fourth-order valence-corrected chi connectivity index (χ4v) is 13.9. The van der Waals surface area contributed by atoms with E-state index in [0.717, 1.165) is 63.2 Å². The Morgan fingerprint density at radius 3 is 0.936 bits per heavy atom. The molecule has 11 aromatic heterocycles. The van der Waals surface area contributed by atoms with Crippen LogP contribution >= 0.6 is 0 Å². The van der Waals surface area contributed by atoms with Crippen molar-refractivity contribution in [1.29, 1.82) is 0 Å². The molecule has 0 atom stereocenters. The molecule has 11 rings (SSSR count). The van der Waals surface area contributed by atoms with Crippen molar-refractivity contribution < 1.29 is 67.1 Å². The number of Topliss-reactive ketones (excluding diaryl/α,β-unsaturated/α-hetero) is 1. The van der Waals surface area contributed by atoms with Gasteiger partial charge in [0, 0.05) is 121 Å². The molecule has 19 N–H and O–H groups in total. The molecule has 0 saturated carbocycles. The molecule has 0 aliphatic carbocycles. The fraction of sp³-hybridized carbons (Fsp3) is 0.425. The van der Waals surface area contributed by atoms with E-state index in [4.69, 9.17) is 28.7 Å². The Hall–Kier alpha value is -18.0. The second kappa shape index (κ2) is 47.3. The van der Waals surface area contributed by atoms with E-state index in [2.05, 4.69) is 107 Å². The Kier molecular flexibility index (Phi) is 34.6. The lowest BCUT2D eigenvalue weighted by Gasteiger charge is -2.26. The summed E-state index contributed by atoms with van der Waals surface area (Å²) in [5.41, 5.74) is 25.3. The molecule has 0 unspecified atom stereocenters. The minimum atomic E-state index is -1.02. The van der Waals surface area contributed by atoms with Crippen molar-refractivity contribution in [3.05, 3.63) is 143 Å². The van der Waals surface area contributed by atoms with Gasteiger partial charge in [-0.3, -0.25) is 110 Å². The van der Waals surface area contributed by atoms with Gasteiger partial charge in [-0.2, -0.15) is 9.97 Å². The number of H-pyrrole nitrogens is 3. The molecule has 0 aliphatic heterocycles. The molecule has 742 valence electrons. The maximum Gasteiger partial charge on any atom is 0.349 e. The highest BCUT2D eigenvalue weighted by Crippen LogP contribution is 2.19. The zero-order chi connectivity index (χ0) is 101. The number of nitrogens with one attached hydrogen (secondary N) is 9. The van der Waals surface area contributed by atoms with E-state index in [0.29, 0.717) is 6.42 Å². The van der Waals surface area contributed by atoms with Gasteiger partial charge in [0.05, 0.1) is 71.1 Å². The number of hydrogen-bond donors (Lipinski definition) is 14. The van der Waals surface area contributed by atoms with Gasteiger partial charge in [0.1, 0.15) is 87.2 Å². The van der Waals surface area contributed by atoms with Gasteiger partial charge >= 0.3 is 17.1 Å². The van der Waals surface area contributed by atoms with Crippen LogP contribution in [0.1, 0.15) is 38.3 Å². The van der Waals surface area contributed by atoms with Crippen LogP contribution in [0.5, 0.6) is 0 Å². The summed E-state index contributed by atoms with van der Waals surface area (Å²) >= 11 is 0. The number of aromatic nitrogens is 22. The second-order valence-corrected chi connectivity index (χ2v) is 32.0. The lowest BCUT2D eigenvalue weighted by molar-refractivity contribution is -0.138. The van der Waals surface area contributed by atoms with Crippen LogP contribution in [-0.2, 0) is 113 Å². The van der Waals surface area contributed by atoms with Crippen LogP contribution in [0.4, 0.5) is 29.2 Å². The Balaban J connectivity index is 0.743. The number of hydrogen-bond acceptors (Lipinski definition) is 37. The number of carbonyl (C=O) groups is 14. The number of nitrogen functional groups attached to an aromatic ring is 5. The average Bonchev–Trinajstić information content (AvgIpc) is 1.66. The first-order valence-electron chi connectivity index (χ1n) is 43.2. The summed E-state index contributed by atoms with van der Waals surface area (Å²) in [6.07, 6.45) is 12.3. The first-order valence-corrected chi connectivity index (χ1v) is 43.2. The predicted molar refractivity (Wildman–Crippen MR) is 491 cm³/mol. The van der Waals surface area contributed by atoms with Gasteiger partial charge in [-0.05, 0) is 26.3 Å². The zero-order valence-electron chi connectivity index (χ0n) is 76.4. The average molecular weight is 1940 g/mol. The molecule has 0 saturated heterocycles. The van der Waals surface area contributed by atoms with Crippen LogP contribution in [0.3, 0.4) is 0 Å². The van der Waals surface area contributed by atoms with Gasteiger partial charge in [0.25, 0.3) is 16.7 Å². The number of rotatable bonds is 49. The summed E-state index contributed by atoms with van der Waals surface area (Å²) in [5.74, 6) is -11.5. The van der Waals surface area contributed by atoms with Gasteiger partial charge in [-0.25, -0.2) is 64.2 Å². The van der Waals surface area contributed by atoms with Gasteiger partial charge < -0.3 is 113 Å².